The van der Waals surface area contributed by atoms with Crippen molar-refractivity contribution in [1.29, 1.82) is 0 Å². The van der Waals surface area contributed by atoms with Crippen LogP contribution in [0.25, 0.3) is 0 Å². The number of carbonyl (C=O) groups is 1. The molecule has 3 N–H and O–H groups in total. The molecule has 66 valence electrons. The van der Waals surface area contributed by atoms with E-state index in [2.05, 4.69) is 4.98 Å². The summed E-state index contributed by atoms with van der Waals surface area (Å²) in [7, 11) is 5.46. The maximum Gasteiger partial charge on any atom is 0.305 e. The second-order valence-corrected chi connectivity index (χ2v) is 2.76. The first-order valence-corrected chi connectivity index (χ1v) is 3.77. The van der Waals surface area contributed by atoms with E-state index in [1.807, 2.05) is 0 Å². The van der Waals surface area contributed by atoms with Crippen LogP contribution in [0.4, 0.5) is 0 Å². The van der Waals surface area contributed by atoms with Crippen LogP contribution in [0, 0.1) is 0 Å². The normalized spacial score (nSPS) is 12.4. The monoisotopic (exact) mass is 176 g/mol. The van der Waals surface area contributed by atoms with Crippen molar-refractivity contribution in [2.24, 2.45) is 5.73 Å². The molecule has 0 saturated carbocycles. The first-order valence-electron chi connectivity index (χ1n) is 3.77. The average Bonchev–Trinajstić information content (AvgIpc) is 2.03. The molecule has 0 spiro atoms. The van der Waals surface area contributed by atoms with Gasteiger partial charge in [0.15, 0.2) is 0 Å². The summed E-state index contributed by atoms with van der Waals surface area (Å²) in [6.07, 6.45) is 2.88. The highest BCUT2D eigenvalue weighted by Crippen LogP contribution is 2.10. The van der Waals surface area contributed by atoms with E-state index in [9.17, 15) is 4.79 Å². The molecular formula is C8H9BN2O2. The lowest BCUT2D eigenvalue weighted by Crippen LogP contribution is -2.17. The number of hydrogen-bond donors (Lipinski definition) is 2. The molecule has 1 heterocycles. The number of nitrogens with zero attached hydrogens (tertiary/aromatic N) is 1. The predicted molar refractivity (Wildman–Crippen MR) is 48.8 cm³/mol. The summed E-state index contributed by atoms with van der Waals surface area (Å²) in [6.45, 7) is 0. The van der Waals surface area contributed by atoms with Gasteiger partial charge in [-0.2, -0.15) is 0 Å². The fourth-order valence-corrected chi connectivity index (χ4v) is 0.985. The van der Waals surface area contributed by atoms with Gasteiger partial charge in [0.1, 0.15) is 7.85 Å². The molecule has 0 bridgehead atoms. The second kappa shape index (κ2) is 4.05. The lowest BCUT2D eigenvalue weighted by molar-refractivity contribution is -0.137. The molecule has 1 rings (SSSR count). The van der Waals surface area contributed by atoms with Gasteiger partial charge in [0.2, 0.25) is 0 Å². The van der Waals surface area contributed by atoms with Gasteiger partial charge in [-0.3, -0.25) is 9.78 Å². The van der Waals surface area contributed by atoms with Gasteiger partial charge in [-0.15, -0.1) is 0 Å². The molecule has 5 heteroatoms. The molecule has 2 radical (unpaired) electrons. The van der Waals surface area contributed by atoms with Crippen molar-refractivity contribution in [2.75, 3.05) is 0 Å². The summed E-state index contributed by atoms with van der Waals surface area (Å²) >= 11 is 0. The molecule has 1 atom stereocenters. The predicted octanol–water partition coefficient (Wildman–Crippen LogP) is -0.650. The number of carboxylic acids is 1. The summed E-state index contributed by atoms with van der Waals surface area (Å²) in [5.41, 5.74) is 6.71. The molecule has 4 nitrogen and oxygen atoms in total. The van der Waals surface area contributed by atoms with Gasteiger partial charge in [0.05, 0.1) is 6.42 Å². The van der Waals surface area contributed by atoms with Crippen LogP contribution in [0.1, 0.15) is 18.0 Å². The highest BCUT2D eigenvalue weighted by atomic mass is 16.4. The second-order valence-electron chi connectivity index (χ2n) is 2.76. The molecule has 1 aromatic rings. The Hall–Kier alpha value is -1.36. The van der Waals surface area contributed by atoms with Gasteiger partial charge < -0.3 is 10.8 Å². The topological polar surface area (TPSA) is 76.2 Å². The number of hydrogen-bond acceptors (Lipinski definition) is 3. The Morgan fingerprint density at radius 1 is 1.69 bits per heavy atom. The first-order chi connectivity index (χ1) is 6.09. The van der Waals surface area contributed by atoms with Crippen molar-refractivity contribution in [1.82, 2.24) is 4.98 Å². The Labute approximate surface area is 77.2 Å². The average molecular weight is 176 g/mol. The van der Waals surface area contributed by atoms with Crippen LogP contribution in [0.15, 0.2) is 18.5 Å². The van der Waals surface area contributed by atoms with Crippen molar-refractivity contribution in [2.45, 2.75) is 12.5 Å². The fourth-order valence-electron chi connectivity index (χ4n) is 0.985. The van der Waals surface area contributed by atoms with Gasteiger partial charge >= 0.3 is 5.97 Å². The van der Waals surface area contributed by atoms with Crippen molar-refractivity contribution in [3.63, 3.8) is 0 Å². The summed E-state index contributed by atoms with van der Waals surface area (Å²) < 4.78 is 0. The van der Waals surface area contributed by atoms with Crippen LogP contribution in [0.5, 0.6) is 0 Å². The van der Waals surface area contributed by atoms with E-state index in [1.165, 1.54) is 12.4 Å². The standard InChI is InChI=1S/C8H9BN2O2/c9-6-1-5(3-11-4-6)7(10)2-8(12)13/h1,3-4,7H,2,10H2,(H,12,13). The molecule has 1 unspecified atom stereocenters. The summed E-state index contributed by atoms with van der Waals surface area (Å²) in [6, 6.07) is 1.08. The van der Waals surface area contributed by atoms with Crippen molar-refractivity contribution < 1.29 is 9.90 Å². The molecule has 0 aromatic carbocycles. The van der Waals surface area contributed by atoms with Crippen LogP contribution >= 0.6 is 0 Å². The highest BCUT2D eigenvalue weighted by molar-refractivity contribution is 6.32. The van der Waals surface area contributed by atoms with E-state index < -0.39 is 12.0 Å². The minimum atomic E-state index is -0.935. The number of pyridine rings is 1. The summed E-state index contributed by atoms with van der Waals surface area (Å²) in [5.74, 6) is -0.935. The third-order valence-corrected chi connectivity index (χ3v) is 1.60. The Kier molecular flexibility index (Phi) is 3.03. The van der Waals surface area contributed by atoms with Gasteiger partial charge in [-0.25, -0.2) is 0 Å². The smallest absolute Gasteiger partial charge is 0.305 e. The Morgan fingerprint density at radius 3 is 2.92 bits per heavy atom. The molecule has 0 saturated heterocycles. The van der Waals surface area contributed by atoms with E-state index >= 15 is 0 Å². The van der Waals surface area contributed by atoms with Crippen LogP contribution in [0.3, 0.4) is 0 Å². The van der Waals surface area contributed by atoms with E-state index in [1.54, 1.807) is 6.07 Å². The maximum atomic E-state index is 10.3. The van der Waals surface area contributed by atoms with Gasteiger partial charge in [0, 0.05) is 18.4 Å². The largest absolute Gasteiger partial charge is 0.481 e. The molecular weight excluding hydrogens is 167 g/mol. The number of carboxylic acid groups (broad SMARTS) is 1. The van der Waals surface area contributed by atoms with Gasteiger partial charge in [-0.1, -0.05) is 11.5 Å². The molecule has 0 aliphatic rings. The van der Waals surface area contributed by atoms with Gasteiger partial charge in [-0.05, 0) is 5.56 Å². The molecule has 13 heavy (non-hydrogen) atoms. The minimum absolute atomic E-state index is 0.120. The SMILES string of the molecule is [B]c1cncc(C(N)CC(=O)O)c1. The lowest BCUT2D eigenvalue weighted by atomic mass is 9.95. The lowest BCUT2D eigenvalue weighted by Gasteiger charge is -2.08. The fraction of sp³-hybridized carbons (Fsp3) is 0.250. The molecule has 0 aliphatic carbocycles. The zero-order chi connectivity index (χ0) is 9.84. The van der Waals surface area contributed by atoms with E-state index in [4.69, 9.17) is 18.7 Å². The quantitative estimate of drug-likeness (QED) is 0.600. The summed E-state index contributed by atoms with van der Waals surface area (Å²) in [5, 5.41) is 8.48. The zero-order valence-corrected chi connectivity index (χ0v) is 6.97. The third kappa shape index (κ3) is 2.87. The van der Waals surface area contributed by atoms with Gasteiger partial charge in [0.25, 0.3) is 0 Å². The number of nitrogens with two attached hydrogens (primary N) is 1. The number of rotatable bonds is 3. The van der Waals surface area contributed by atoms with Crippen molar-refractivity contribution in [3.8, 4) is 0 Å². The first kappa shape index (κ1) is 9.73. The number of aromatic nitrogens is 1. The summed E-state index contributed by atoms with van der Waals surface area (Å²) in [4.78, 5) is 14.2. The van der Waals surface area contributed by atoms with Crippen molar-refractivity contribution in [3.05, 3.63) is 24.0 Å². The Bertz CT molecular complexity index is 317. The Balaban J connectivity index is 2.76. The molecule has 1 aromatic heterocycles. The van der Waals surface area contributed by atoms with E-state index in [0.29, 0.717) is 11.0 Å². The number of aliphatic carboxylic acids is 1. The highest BCUT2D eigenvalue weighted by Gasteiger charge is 2.10. The van der Waals surface area contributed by atoms with Crippen LogP contribution in [0.2, 0.25) is 0 Å². The Morgan fingerprint density at radius 2 is 2.38 bits per heavy atom. The minimum Gasteiger partial charge on any atom is -0.481 e. The molecule has 0 fully saturated rings. The van der Waals surface area contributed by atoms with E-state index in [0.717, 1.165) is 0 Å². The van der Waals surface area contributed by atoms with Crippen molar-refractivity contribution >= 4 is 19.3 Å². The van der Waals surface area contributed by atoms with Crippen LogP contribution in [-0.4, -0.2) is 23.9 Å². The molecule has 0 amide bonds. The third-order valence-electron chi connectivity index (χ3n) is 1.60. The molecule has 0 aliphatic heterocycles. The van der Waals surface area contributed by atoms with Crippen LogP contribution in [-0.2, 0) is 4.79 Å². The maximum absolute atomic E-state index is 10.3. The van der Waals surface area contributed by atoms with E-state index in [-0.39, 0.29) is 6.42 Å². The zero-order valence-electron chi connectivity index (χ0n) is 6.97. The van der Waals surface area contributed by atoms with Crippen LogP contribution < -0.4 is 11.2 Å².